The Kier molecular flexibility index (Phi) is 6.55. The number of ether oxygens (including phenoxy) is 1. The van der Waals surface area contributed by atoms with Crippen molar-refractivity contribution in [3.8, 4) is 0 Å². The zero-order chi connectivity index (χ0) is 25.7. The maximum Gasteiger partial charge on any atom is 0.264 e. The molecule has 5 rings (SSSR count). The lowest BCUT2D eigenvalue weighted by Gasteiger charge is -2.31. The van der Waals surface area contributed by atoms with Gasteiger partial charge in [0.05, 0.1) is 18.3 Å². The average molecular weight is 511 g/mol. The summed E-state index contributed by atoms with van der Waals surface area (Å²) in [5.74, 6) is -0.375. The molecule has 0 unspecified atom stereocenters. The minimum Gasteiger partial charge on any atom is -0.396 e. The lowest BCUT2D eigenvalue weighted by Crippen LogP contribution is -2.45. The number of hydrogen-bond acceptors (Lipinski definition) is 4. The molecule has 2 saturated heterocycles. The minimum absolute atomic E-state index is 0.111. The van der Waals surface area contributed by atoms with Crippen molar-refractivity contribution in [3.05, 3.63) is 59.7 Å². The molecule has 1 N–H and O–H groups in total. The molecule has 8 heteroatoms. The van der Waals surface area contributed by atoms with Crippen LogP contribution in [0.4, 0.5) is 15.5 Å². The molecular weight excluding hydrogens is 475 g/mol. The van der Waals surface area contributed by atoms with Gasteiger partial charge < -0.3 is 23.8 Å². The molecule has 0 aliphatic carbocycles. The topological polar surface area (TPSA) is 70.1 Å². The molecule has 2 fully saturated rings. The van der Waals surface area contributed by atoms with E-state index in [0.29, 0.717) is 19.4 Å². The third kappa shape index (κ3) is 3.99. The highest BCUT2D eigenvalue weighted by atomic mass is 28.4. The molecule has 3 aliphatic heterocycles. The smallest absolute Gasteiger partial charge is 0.264 e. The molecule has 0 aromatic heterocycles. The molecule has 6 nitrogen and oxygen atoms in total. The molecule has 3 aliphatic rings. The highest BCUT2D eigenvalue weighted by molar-refractivity contribution is 6.72. The van der Waals surface area contributed by atoms with Crippen LogP contribution in [-0.2, 0) is 26.5 Å². The van der Waals surface area contributed by atoms with Crippen LogP contribution in [0.3, 0.4) is 0 Å². The number of aliphatic hydroxyl groups excluding tert-OH is 1. The van der Waals surface area contributed by atoms with Gasteiger partial charge in [-0.2, -0.15) is 0 Å². The number of aliphatic hydroxyl groups is 1. The molecular formula is C28H35FN2O4Si. The molecule has 1 spiro atoms. The van der Waals surface area contributed by atoms with E-state index in [4.69, 9.17) is 4.74 Å². The van der Waals surface area contributed by atoms with Crippen LogP contribution in [0.2, 0.25) is 18.6 Å². The number of piperidine rings is 1. The van der Waals surface area contributed by atoms with Crippen molar-refractivity contribution in [1.29, 1.82) is 0 Å². The number of halogens is 1. The first kappa shape index (κ1) is 25.1. The number of carbonyl (C=O) groups is 2. The molecule has 2 amide bonds. The van der Waals surface area contributed by atoms with Gasteiger partial charge in [0.25, 0.3) is 5.91 Å². The van der Waals surface area contributed by atoms with Crippen LogP contribution in [0.25, 0.3) is 0 Å². The highest BCUT2D eigenvalue weighted by Gasteiger charge is 2.66. The van der Waals surface area contributed by atoms with Gasteiger partial charge in [0, 0.05) is 42.3 Å². The molecule has 0 saturated carbocycles. The predicted octanol–water partition coefficient (Wildman–Crippen LogP) is 4.91. The SMILES string of the molecule is C[C@H]1[C@H]([Si](C)(C)F)[C@@H](CCO)O[C@]12C(=O)N(Cc1ccc(N3CCCCC3=O)cc1)c1ccccc12. The molecule has 0 bridgehead atoms. The van der Waals surface area contributed by atoms with Gasteiger partial charge in [-0.3, -0.25) is 9.59 Å². The van der Waals surface area contributed by atoms with E-state index in [1.165, 1.54) is 0 Å². The second-order valence-corrected chi connectivity index (χ2v) is 14.7. The number of anilines is 2. The van der Waals surface area contributed by atoms with Crippen LogP contribution in [0.5, 0.6) is 0 Å². The lowest BCUT2D eigenvalue weighted by molar-refractivity contribution is -0.146. The Bertz CT molecular complexity index is 1150. The zero-order valence-electron chi connectivity index (χ0n) is 21.2. The first-order valence-electron chi connectivity index (χ1n) is 13.0. The summed E-state index contributed by atoms with van der Waals surface area (Å²) in [7, 11) is -3.20. The number of carbonyl (C=O) groups excluding carboxylic acids is 2. The van der Waals surface area contributed by atoms with Gasteiger partial charge in [0.2, 0.25) is 14.3 Å². The van der Waals surface area contributed by atoms with Crippen molar-refractivity contribution in [3.63, 3.8) is 0 Å². The van der Waals surface area contributed by atoms with Gasteiger partial charge in [0.15, 0.2) is 5.60 Å². The Morgan fingerprint density at radius 1 is 1.11 bits per heavy atom. The fourth-order valence-corrected chi connectivity index (χ4v) is 9.14. The largest absolute Gasteiger partial charge is 0.396 e. The molecule has 3 heterocycles. The summed E-state index contributed by atoms with van der Waals surface area (Å²) >= 11 is 0. The van der Waals surface area contributed by atoms with E-state index in [1.54, 1.807) is 18.0 Å². The second-order valence-electron chi connectivity index (χ2n) is 10.9. The number of amides is 2. The highest BCUT2D eigenvalue weighted by Crippen LogP contribution is 2.60. The van der Waals surface area contributed by atoms with Crippen molar-refractivity contribution in [2.45, 2.75) is 69.5 Å². The molecule has 2 aromatic rings. The summed E-state index contributed by atoms with van der Waals surface area (Å²) < 4.78 is 22.1. The van der Waals surface area contributed by atoms with Crippen LogP contribution >= 0.6 is 0 Å². The predicted molar refractivity (Wildman–Crippen MR) is 140 cm³/mol. The van der Waals surface area contributed by atoms with E-state index in [2.05, 4.69) is 0 Å². The summed E-state index contributed by atoms with van der Waals surface area (Å²) in [4.78, 5) is 30.0. The minimum atomic E-state index is -3.20. The summed E-state index contributed by atoms with van der Waals surface area (Å²) in [5.41, 5.74) is 1.73. The van der Waals surface area contributed by atoms with Crippen LogP contribution in [-0.4, -0.2) is 44.6 Å². The maximum absolute atomic E-state index is 15.5. The molecule has 4 atom stereocenters. The summed E-state index contributed by atoms with van der Waals surface area (Å²) in [6.07, 6.45) is 2.33. The lowest BCUT2D eigenvalue weighted by atomic mass is 9.82. The Balaban J connectivity index is 1.46. The van der Waals surface area contributed by atoms with E-state index in [0.717, 1.165) is 41.9 Å². The Hall–Kier alpha value is -2.55. The van der Waals surface area contributed by atoms with E-state index in [9.17, 15) is 14.7 Å². The van der Waals surface area contributed by atoms with Gasteiger partial charge in [-0.25, -0.2) is 0 Å². The maximum atomic E-state index is 15.5. The van der Waals surface area contributed by atoms with Crippen LogP contribution in [0, 0.1) is 5.92 Å². The molecule has 192 valence electrons. The van der Waals surface area contributed by atoms with E-state index in [1.807, 2.05) is 60.4 Å². The van der Waals surface area contributed by atoms with Gasteiger partial charge >= 0.3 is 0 Å². The number of nitrogens with zero attached hydrogens (tertiary/aromatic N) is 2. The van der Waals surface area contributed by atoms with Gasteiger partial charge in [-0.05, 0) is 56.1 Å². The summed E-state index contributed by atoms with van der Waals surface area (Å²) in [5, 5.41) is 9.66. The third-order valence-electron chi connectivity index (χ3n) is 8.19. The Morgan fingerprint density at radius 3 is 2.50 bits per heavy atom. The molecule has 0 radical (unpaired) electrons. The second kappa shape index (κ2) is 9.39. The van der Waals surface area contributed by atoms with Crippen molar-refractivity contribution in [2.75, 3.05) is 23.0 Å². The van der Waals surface area contributed by atoms with Crippen molar-refractivity contribution in [2.24, 2.45) is 5.92 Å². The van der Waals surface area contributed by atoms with Gasteiger partial charge in [0.1, 0.15) is 0 Å². The van der Waals surface area contributed by atoms with Crippen molar-refractivity contribution >= 4 is 31.6 Å². The number of rotatable bonds is 6. The average Bonchev–Trinajstić information content (AvgIpc) is 3.27. The van der Waals surface area contributed by atoms with Crippen LogP contribution in [0.15, 0.2) is 48.5 Å². The van der Waals surface area contributed by atoms with E-state index in [-0.39, 0.29) is 24.3 Å². The third-order valence-corrected chi connectivity index (χ3v) is 10.7. The summed E-state index contributed by atoms with van der Waals surface area (Å²) in [6.45, 7) is 6.24. The summed E-state index contributed by atoms with van der Waals surface area (Å²) in [6, 6.07) is 15.5. The quantitative estimate of drug-likeness (QED) is 0.443. The van der Waals surface area contributed by atoms with Gasteiger partial charge in [-0.15, -0.1) is 0 Å². The van der Waals surface area contributed by atoms with Crippen LogP contribution in [0.1, 0.15) is 43.7 Å². The van der Waals surface area contributed by atoms with E-state index < -0.39 is 25.7 Å². The fraction of sp³-hybridized carbons (Fsp3) is 0.500. The Morgan fingerprint density at radius 2 is 1.83 bits per heavy atom. The first-order chi connectivity index (χ1) is 17.2. The number of benzene rings is 2. The number of para-hydroxylation sites is 1. The zero-order valence-corrected chi connectivity index (χ0v) is 22.2. The van der Waals surface area contributed by atoms with E-state index >= 15 is 4.11 Å². The number of fused-ring (bicyclic) bond motifs is 2. The normalized spacial score (nSPS) is 28.3. The van der Waals surface area contributed by atoms with Gasteiger partial charge in [-0.1, -0.05) is 37.3 Å². The van der Waals surface area contributed by atoms with Crippen molar-refractivity contribution < 1.29 is 23.5 Å². The Labute approximate surface area is 213 Å². The number of hydrogen-bond donors (Lipinski definition) is 1. The fourth-order valence-electron chi connectivity index (χ4n) is 6.60. The molecule has 2 aromatic carbocycles. The first-order valence-corrected chi connectivity index (χ1v) is 15.9. The van der Waals surface area contributed by atoms with Crippen molar-refractivity contribution in [1.82, 2.24) is 0 Å². The monoisotopic (exact) mass is 510 g/mol. The molecule has 36 heavy (non-hydrogen) atoms. The standard InChI is InChI=1S/C28H35FN2O4Si/c1-19-26(36(2,3)29)24(15-17-32)35-28(19)22-8-4-5-9-23(22)31(27(28)34)18-20-11-13-21(14-12-20)30-16-7-6-10-25(30)33/h4-5,8-9,11-14,19,24,26,32H,6-7,10,15-18H2,1-3H3/t19-,24+,26-,28+/m0/s1. The van der Waals surface area contributed by atoms with Crippen LogP contribution < -0.4 is 9.80 Å².